The number of hydrogen-bond donors (Lipinski definition) is 2. The summed E-state index contributed by atoms with van der Waals surface area (Å²) in [5.41, 5.74) is 0.992. The highest BCUT2D eigenvalue weighted by Crippen LogP contribution is 2.12. The van der Waals surface area contributed by atoms with Crippen LogP contribution in [0.1, 0.15) is 21.5 Å². The van der Waals surface area contributed by atoms with Crippen molar-refractivity contribution in [2.24, 2.45) is 0 Å². The number of alkyl halides is 2. The summed E-state index contributed by atoms with van der Waals surface area (Å²) in [6, 6.07) is 6.87. The Morgan fingerprint density at radius 2 is 2.08 bits per heavy atom. The second kappa shape index (κ2) is 8.30. The highest BCUT2D eigenvalue weighted by atomic mass is 19.3. The molecule has 128 valence electrons. The number of rotatable bonds is 7. The number of aromatic nitrogens is 1. The maximum atomic E-state index is 13.3. The van der Waals surface area contributed by atoms with Gasteiger partial charge in [0, 0.05) is 24.4 Å². The summed E-state index contributed by atoms with van der Waals surface area (Å²) in [6.45, 7) is -1.07. The largest absolute Gasteiger partial charge is 0.472 e. The lowest BCUT2D eigenvalue weighted by atomic mass is 10.1. The molecular formula is C16H15F3N2O3. The minimum absolute atomic E-state index is 0.00188. The van der Waals surface area contributed by atoms with Gasteiger partial charge in [0.25, 0.3) is 12.3 Å². The molecule has 0 unspecified atom stereocenters. The third-order valence-corrected chi connectivity index (χ3v) is 3.09. The number of nitrogens with zero attached hydrogens (tertiary/aromatic N) is 1. The number of hydrogen-bond acceptors (Lipinski definition) is 4. The quantitative estimate of drug-likeness (QED) is 0.811. The van der Waals surface area contributed by atoms with Crippen LogP contribution < -0.4 is 10.1 Å². The van der Waals surface area contributed by atoms with Gasteiger partial charge in [-0.15, -0.1) is 0 Å². The van der Waals surface area contributed by atoms with Crippen LogP contribution in [0.15, 0.2) is 36.5 Å². The van der Waals surface area contributed by atoms with Crippen molar-refractivity contribution in [3.05, 3.63) is 59.0 Å². The molecule has 5 nitrogen and oxygen atoms in total. The van der Waals surface area contributed by atoms with Crippen LogP contribution in [-0.4, -0.2) is 29.0 Å². The molecule has 0 bridgehead atoms. The lowest BCUT2D eigenvalue weighted by Gasteiger charge is -2.08. The number of aliphatic hydroxyl groups excluding tert-OH is 1. The third kappa shape index (κ3) is 4.95. The van der Waals surface area contributed by atoms with E-state index in [1.807, 2.05) is 0 Å². The average molecular weight is 340 g/mol. The number of amides is 1. The third-order valence-electron chi connectivity index (χ3n) is 3.09. The predicted octanol–water partition coefficient (Wildman–Crippen LogP) is 2.29. The summed E-state index contributed by atoms with van der Waals surface area (Å²) < 4.78 is 42.0. The zero-order valence-electron chi connectivity index (χ0n) is 12.5. The van der Waals surface area contributed by atoms with Gasteiger partial charge >= 0.3 is 0 Å². The molecule has 1 aromatic carbocycles. The summed E-state index contributed by atoms with van der Waals surface area (Å²) in [4.78, 5) is 15.7. The van der Waals surface area contributed by atoms with E-state index >= 15 is 0 Å². The van der Waals surface area contributed by atoms with Gasteiger partial charge < -0.3 is 15.2 Å². The lowest BCUT2D eigenvalue weighted by molar-refractivity contribution is 0.0794. The molecule has 24 heavy (non-hydrogen) atoms. The van der Waals surface area contributed by atoms with Crippen LogP contribution in [0, 0.1) is 5.82 Å². The number of carbonyl (C=O) groups excluding carboxylic acids is 1. The average Bonchev–Trinajstić information content (AvgIpc) is 2.59. The molecule has 0 atom stereocenters. The number of aliphatic hydroxyl groups is 1. The number of halogens is 3. The SMILES string of the molecule is O=C(NCc1ccc(F)c(CO)c1)c1ccc(OCC(F)F)nc1. The van der Waals surface area contributed by atoms with E-state index in [-0.39, 0.29) is 23.6 Å². The van der Waals surface area contributed by atoms with Gasteiger partial charge in [-0.25, -0.2) is 18.2 Å². The zero-order valence-corrected chi connectivity index (χ0v) is 12.5. The lowest BCUT2D eigenvalue weighted by Crippen LogP contribution is -2.23. The van der Waals surface area contributed by atoms with Crippen molar-refractivity contribution in [1.82, 2.24) is 10.3 Å². The van der Waals surface area contributed by atoms with Crippen LogP contribution >= 0.6 is 0 Å². The summed E-state index contributed by atoms with van der Waals surface area (Å²) in [7, 11) is 0. The van der Waals surface area contributed by atoms with Gasteiger partial charge in [0.1, 0.15) is 5.82 Å². The monoisotopic (exact) mass is 340 g/mol. The van der Waals surface area contributed by atoms with E-state index in [0.717, 1.165) is 0 Å². The van der Waals surface area contributed by atoms with E-state index in [4.69, 9.17) is 9.84 Å². The van der Waals surface area contributed by atoms with Crippen molar-refractivity contribution in [3.8, 4) is 5.88 Å². The Kier molecular flexibility index (Phi) is 6.14. The van der Waals surface area contributed by atoms with Gasteiger partial charge in [0.05, 0.1) is 12.2 Å². The first-order valence-corrected chi connectivity index (χ1v) is 7.03. The van der Waals surface area contributed by atoms with Crippen molar-refractivity contribution in [3.63, 3.8) is 0 Å². The van der Waals surface area contributed by atoms with E-state index < -0.39 is 31.4 Å². The van der Waals surface area contributed by atoms with Crippen molar-refractivity contribution in [1.29, 1.82) is 0 Å². The zero-order chi connectivity index (χ0) is 17.5. The fourth-order valence-corrected chi connectivity index (χ4v) is 1.89. The minimum Gasteiger partial charge on any atom is -0.472 e. The first-order chi connectivity index (χ1) is 11.5. The van der Waals surface area contributed by atoms with E-state index in [2.05, 4.69) is 10.3 Å². The molecule has 1 aromatic heterocycles. The molecule has 8 heteroatoms. The Bertz CT molecular complexity index is 693. The number of nitrogens with one attached hydrogen (secondary N) is 1. The van der Waals surface area contributed by atoms with Crippen molar-refractivity contribution in [2.75, 3.05) is 6.61 Å². The van der Waals surface area contributed by atoms with Crippen molar-refractivity contribution < 1.29 is 27.8 Å². The van der Waals surface area contributed by atoms with Gasteiger partial charge in [-0.1, -0.05) is 6.07 Å². The molecular weight excluding hydrogens is 325 g/mol. The second-order valence-electron chi connectivity index (χ2n) is 4.85. The summed E-state index contributed by atoms with van der Waals surface area (Å²) in [6.07, 6.45) is -1.39. The smallest absolute Gasteiger partial charge is 0.272 e. The molecule has 0 saturated heterocycles. The van der Waals surface area contributed by atoms with Crippen molar-refractivity contribution in [2.45, 2.75) is 19.6 Å². The van der Waals surface area contributed by atoms with Gasteiger partial charge in [0.2, 0.25) is 5.88 Å². The number of ether oxygens (including phenoxy) is 1. The maximum Gasteiger partial charge on any atom is 0.272 e. The summed E-state index contributed by atoms with van der Waals surface area (Å²) in [5.74, 6) is -0.952. The normalized spacial score (nSPS) is 10.7. The van der Waals surface area contributed by atoms with E-state index in [9.17, 15) is 18.0 Å². The van der Waals surface area contributed by atoms with Crippen molar-refractivity contribution >= 4 is 5.91 Å². The first kappa shape index (κ1) is 17.7. The molecule has 0 fully saturated rings. The second-order valence-corrected chi connectivity index (χ2v) is 4.85. The topological polar surface area (TPSA) is 71.5 Å². The van der Waals surface area contributed by atoms with Crippen LogP contribution in [0.4, 0.5) is 13.2 Å². The molecule has 0 aliphatic carbocycles. The van der Waals surface area contributed by atoms with Crippen LogP contribution in [0.5, 0.6) is 5.88 Å². The predicted molar refractivity (Wildman–Crippen MR) is 79.2 cm³/mol. The van der Waals surface area contributed by atoms with Gasteiger partial charge in [-0.2, -0.15) is 0 Å². The summed E-state index contributed by atoms with van der Waals surface area (Å²) >= 11 is 0. The van der Waals surface area contributed by atoms with Crippen LogP contribution in [-0.2, 0) is 13.2 Å². The maximum absolute atomic E-state index is 13.3. The highest BCUT2D eigenvalue weighted by molar-refractivity contribution is 5.93. The molecule has 0 spiro atoms. The molecule has 1 heterocycles. The molecule has 1 amide bonds. The van der Waals surface area contributed by atoms with Crippen LogP contribution in [0.25, 0.3) is 0 Å². The Balaban J connectivity index is 1.92. The van der Waals surface area contributed by atoms with E-state index in [1.165, 1.54) is 36.5 Å². The Hall–Kier alpha value is -2.61. The molecule has 0 radical (unpaired) electrons. The fraction of sp³-hybridized carbons (Fsp3) is 0.250. The van der Waals surface area contributed by atoms with E-state index in [1.54, 1.807) is 0 Å². The van der Waals surface area contributed by atoms with Gasteiger partial charge in [0.15, 0.2) is 6.61 Å². The number of benzene rings is 1. The van der Waals surface area contributed by atoms with Gasteiger partial charge in [-0.05, 0) is 23.8 Å². The molecule has 2 aromatic rings. The Morgan fingerprint density at radius 1 is 1.29 bits per heavy atom. The number of pyridine rings is 1. The van der Waals surface area contributed by atoms with Gasteiger partial charge in [-0.3, -0.25) is 4.79 Å². The first-order valence-electron chi connectivity index (χ1n) is 7.03. The summed E-state index contributed by atoms with van der Waals surface area (Å²) in [5, 5.41) is 11.6. The fourth-order valence-electron chi connectivity index (χ4n) is 1.89. The Morgan fingerprint density at radius 3 is 2.71 bits per heavy atom. The van der Waals surface area contributed by atoms with Crippen LogP contribution in [0.3, 0.4) is 0 Å². The molecule has 0 saturated carbocycles. The Labute approximate surface area is 136 Å². The number of carbonyl (C=O) groups is 1. The highest BCUT2D eigenvalue weighted by Gasteiger charge is 2.09. The van der Waals surface area contributed by atoms with E-state index in [0.29, 0.717) is 5.56 Å². The molecule has 2 N–H and O–H groups in total. The minimum atomic E-state index is -2.60. The molecule has 0 aliphatic rings. The molecule has 0 aliphatic heterocycles. The standard InChI is InChI=1S/C16H15F3N2O3/c17-13-3-1-10(5-12(13)8-22)6-21-16(23)11-2-4-15(20-7-11)24-9-14(18)19/h1-5,7,14,22H,6,8-9H2,(H,21,23). The molecule has 2 rings (SSSR count). The van der Waals surface area contributed by atoms with Crippen LogP contribution in [0.2, 0.25) is 0 Å².